The Kier molecular flexibility index (Phi) is 5.27. The summed E-state index contributed by atoms with van der Waals surface area (Å²) in [5.74, 6) is 0.113. The van der Waals surface area contributed by atoms with E-state index in [1.165, 1.54) is 12.1 Å². The summed E-state index contributed by atoms with van der Waals surface area (Å²) >= 11 is 5.99. The van der Waals surface area contributed by atoms with Crippen LogP contribution in [-0.4, -0.2) is 23.1 Å². The van der Waals surface area contributed by atoms with Gasteiger partial charge in [0.1, 0.15) is 4.90 Å². The summed E-state index contributed by atoms with van der Waals surface area (Å²) in [5.41, 5.74) is 1.27. The third kappa shape index (κ3) is 4.09. The lowest BCUT2D eigenvalue weighted by atomic mass is 10.0. The smallest absolute Gasteiger partial charge is 0.263 e. The molecule has 24 heavy (non-hydrogen) atoms. The van der Waals surface area contributed by atoms with E-state index < -0.39 is 19.9 Å². The average Bonchev–Trinajstić information content (AvgIpc) is 2.46. The molecule has 0 bridgehead atoms. The zero-order chi connectivity index (χ0) is 18.1. The van der Waals surface area contributed by atoms with Crippen LogP contribution in [0.5, 0.6) is 0 Å². The number of sulfonamides is 1. The Bertz CT molecular complexity index is 967. The van der Waals surface area contributed by atoms with Crippen molar-refractivity contribution in [1.29, 1.82) is 0 Å². The van der Waals surface area contributed by atoms with Crippen LogP contribution in [0.3, 0.4) is 0 Å². The normalized spacial score (nSPS) is 12.4. The number of halogens is 1. The van der Waals surface area contributed by atoms with E-state index in [9.17, 15) is 16.8 Å². The highest BCUT2D eigenvalue weighted by molar-refractivity contribution is 7.93. The molecule has 0 saturated carbocycles. The van der Waals surface area contributed by atoms with E-state index in [2.05, 4.69) is 4.72 Å². The summed E-state index contributed by atoms with van der Waals surface area (Å²) in [5, 5.41) is -0.0445. The molecule has 0 aliphatic rings. The molecule has 0 saturated heterocycles. The Morgan fingerprint density at radius 1 is 1.00 bits per heavy atom. The highest BCUT2D eigenvalue weighted by Crippen LogP contribution is 2.29. The molecule has 2 rings (SSSR count). The molecular weight excluding hydrogens is 370 g/mol. The zero-order valence-corrected chi connectivity index (χ0v) is 15.8. The van der Waals surface area contributed by atoms with Crippen LogP contribution in [0.25, 0.3) is 0 Å². The number of sulfone groups is 1. The third-order valence-electron chi connectivity index (χ3n) is 3.45. The lowest BCUT2D eigenvalue weighted by Gasteiger charge is -2.15. The fraction of sp³-hybridized carbons (Fsp3) is 0.250. The fourth-order valence-corrected chi connectivity index (χ4v) is 4.55. The molecule has 0 heterocycles. The first-order valence-electron chi connectivity index (χ1n) is 7.14. The van der Waals surface area contributed by atoms with Crippen LogP contribution in [-0.2, 0) is 19.9 Å². The Morgan fingerprint density at radius 3 is 2.21 bits per heavy atom. The quantitative estimate of drug-likeness (QED) is 0.848. The zero-order valence-electron chi connectivity index (χ0n) is 13.4. The molecule has 8 heteroatoms. The molecule has 2 aromatic carbocycles. The standard InChI is InChI=1S/C16H18ClNO4S2/c1-11(2)13-6-4-5-7-15(13)18-24(21,22)16-10-12(23(3,19)20)8-9-14(16)17/h4-11,18H,1-3H3. The lowest BCUT2D eigenvalue weighted by Crippen LogP contribution is -2.15. The summed E-state index contributed by atoms with van der Waals surface area (Å²) in [6.07, 6.45) is 1.01. The first-order chi connectivity index (χ1) is 11.0. The molecule has 0 aromatic heterocycles. The Labute approximate surface area is 147 Å². The van der Waals surface area contributed by atoms with E-state index in [4.69, 9.17) is 11.6 Å². The number of para-hydroxylation sites is 1. The van der Waals surface area contributed by atoms with Gasteiger partial charge >= 0.3 is 0 Å². The molecule has 0 unspecified atom stereocenters. The number of rotatable bonds is 5. The Balaban J connectivity index is 2.53. The molecule has 0 atom stereocenters. The minimum Gasteiger partial charge on any atom is -0.279 e. The monoisotopic (exact) mass is 387 g/mol. The van der Waals surface area contributed by atoms with Crippen molar-refractivity contribution in [3.05, 3.63) is 53.1 Å². The van der Waals surface area contributed by atoms with Crippen molar-refractivity contribution >= 4 is 37.1 Å². The van der Waals surface area contributed by atoms with E-state index in [-0.39, 0.29) is 20.7 Å². The maximum absolute atomic E-state index is 12.7. The maximum Gasteiger partial charge on any atom is 0.263 e. The first-order valence-corrected chi connectivity index (χ1v) is 10.9. The van der Waals surface area contributed by atoms with Crippen LogP contribution in [0.2, 0.25) is 5.02 Å². The van der Waals surface area contributed by atoms with Crippen LogP contribution in [0.15, 0.2) is 52.3 Å². The predicted molar refractivity (Wildman–Crippen MR) is 95.9 cm³/mol. The molecule has 130 valence electrons. The Hall–Kier alpha value is -1.57. The molecule has 0 aliphatic carbocycles. The van der Waals surface area contributed by atoms with Crippen LogP contribution < -0.4 is 4.72 Å². The Morgan fingerprint density at radius 2 is 1.62 bits per heavy atom. The van der Waals surface area contributed by atoms with Crippen molar-refractivity contribution in [1.82, 2.24) is 0 Å². The summed E-state index contributed by atoms with van der Waals surface area (Å²) in [7, 11) is -7.58. The van der Waals surface area contributed by atoms with Crippen molar-refractivity contribution in [3.63, 3.8) is 0 Å². The van der Waals surface area contributed by atoms with Gasteiger partial charge in [-0.3, -0.25) is 4.72 Å². The minimum absolute atomic E-state index is 0.0445. The van der Waals surface area contributed by atoms with Gasteiger partial charge in [-0.25, -0.2) is 16.8 Å². The highest BCUT2D eigenvalue weighted by Gasteiger charge is 2.22. The molecule has 0 spiro atoms. The summed E-state index contributed by atoms with van der Waals surface area (Å²) in [6, 6.07) is 10.6. The van der Waals surface area contributed by atoms with Crippen LogP contribution in [0.4, 0.5) is 5.69 Å². The van der Waals surface area contributed by atoms with Crippen molar-refractivity contribution in [2.24, 2.45) is 0 Å². The number of nitrogens with one attached hydrogen (secondary N) is 1. The van der Waals surface area contributed by atoms with E-state index in [1.807, 2.05) is 26.0 Å². The highest BCUT2D eigenvalue weighted by atomic mass is 35.5. The molecular formula is C16H18ClNO4S2. The van der Waals surface area contributed by atoms with Gasteiger partial charge in [0.05, 0.1) is 15.6 Å². The van der Waals surface area contributed by atoms with Gasteiger partial charge in [0.2, 0.25) is 0 Å². The van der Waals surface area contributed by atoms with E-state index in [0.717, 1.165) is 17.9 Å². The van der Waals surface area contributed by atoms with Gasteiger partial charge in [-0.15, -0.1) is 0 Å². The van der Waals surface area contributed by atoms with Gasteiger partial charge in [0.15, 0.2) is 9.84 Å². The van der Waals surface area contributed by atoms with Gasteiger partial charge in [-0.05, 0) is 35.7 Å². The molecule has 1 N–H and O–H groups in total. The van der Waals surface area contributed by atoms with Crippen molar-refractivity contribution in [2.45, 2.75) is 29.6 Å². The van der Waals surface area contributed by atoms with Gasteiger partial charge in [0, 0.05) is 6.26 Å². The number of anilines is 1. The van der Waals surface area contributed by atoms with Crippen molar-refractivity contribution in [3.8, 4) is 0 Å². The number of benzene rings is 2. The molecule has 0 aliphatic heterocycles. The van der Waals surface area contributed by atoms with Crippen LogP contribution in [0, 0.1) is 0 Å². The second kappa shape index (κ2) is 6.74. The van der Waals surface area contributed by atoms with Crippen LogP contribution in [0.1, 0.15) is 25.3 Å². The predicted octanol–water partition coefficient (Wildman–Crippen LogP) is 3.67. The molecule has 2 aromatic rings. The van der Waals surface area contributed by atoms with Gasteiger partial charge in [-0.1, -0.05) is 43.6 Å². The van der Waals surface area contributed by atoms with Crippen LogP contribution >= 0.6 is 11.6 Å². The van der Waals surface area contributed by atoms with Gasteiger partial charge < -0.3 is 0 Å². The topological polar surface area (TPSA) is 80.3 Å². The second-order valence-corrected chi connectivity index (χ2v) is 9.79. The van der Waals surface area contributed by atoms with E-state index >= 15 is 0 Å². The number of hydrogen-bond donors (Lipinski definition) is 1. The molecule has 5 nitrogen and oxygen atoms in total. The minimum atomic E-state index is -4.03. The molecule has 0 radical (unpaired) electrons. The van der Waals surface area contributed by atoms with Gasteiger partial charge in [-0.2, -0.15) is 0 Å². The second-order valence-electron chi connectivity index (χ2n) is 5.71. The third-order valence-corrected chi connectivity index (χ3v) is 6.40. The number of hydrogen-bond acceptors (Lipinski definition) is 4. The molecule has 0 fully saturated rings. The summed E-state index contributed by atoms with van der Waals surface area (Å²) in [6.45, 7) is 3.90. The largest absolute Gasteiger partial charge is 0.279 e. The average molecular weight is 388 g/mol. The van der Waals surface area contributed by atoms with Crippen molar-refractivity contribution in [2.75, 3.05) is 11.0 Å². The summed E-state index contributed by atoms with van der Waals surface area (Å²) in [4.78, 5) is -0.380. The van der Waals surface area contributed by atoms with Gasteiger partial charge in [0.25, 0.3) is 10.0 Å². The maximum atomic E-state index is 12.7. The SMILES string of the molecule is CC(C)c1ccccc1NS(=O)(=O)c1cc(S(C)(=O)=O)ccc1Cl. The molecule has 0 amide bonds. The van der Waals surface area contributed by atoms with Crippen molar-refractivity contribution < 1.29 is 16.8 Å². The van der Waals surface area contributed by atoms with E-state index in [0.29, 0.717) is 5.69 Å². The van der Waals surface area contributed by atoms with E-state index in [1.54, 1.807) is 12.1 Å². The lowest BCUT2D eigenvalue weighted by molar-refractivity contribution is 0.599. The fourth-order valence-electron chi connectivity index (χ4n) is 2.21. The first kappa shape index (κ1) is 18.8. The summed E-state index contributed by atoms with van der Waals surface area (Å²) < 4.78 is 51.2.